The lowest BCUT2D eigenvalue weighted by Crippen LogP contribution is -2.41. The molecule has 0 bridgehead atoms. The first-order valence-corrected chi connectivity index (χ1v) is 6.07. The third-order valence-corrected chi connectivity index (χ3v) is 3.88. The Morgan fingerprint density at radius 3 is 2.87 bits per heavy atom. The first-order chi connectivity index (χ1) is 7.32. The van der Waals surface area contributed by atoms with E-state index in [9.17, 15) is 0 Å². The van der Waals surface area contributed by atoms with Gasteiger partial charge in [0, 0.05) is 32.3 Å². The summed E-state index contributed by atoms with van der Waals surface area (Å²) in [6, 6.07) is 0. The molecule has 2 unspecified atom stereocenters. The lowest BCUT2D eigenvalue weighted by atomic mass is 9.76. The molecule has 88 valence electrons. The highest BCUT2D eigenvalue weighted by Gasteiger charge is 2.50. The molecule has 2 rings (SSSR count). The van der Waals surface area contributed by atoms with Crippen LogP contribution in [-0.4, -0.2) is 40.0 Å². The maximum absolute atomic E-state index is 5.95. The van der Waals surface area contributed by atoms with Crippen molar-refractivity contribution in [3.63, 3.8) is 0 Å². The first kappa shape index (κ1) is 11.4. The molecule has 0 spiro atoms. The molecule has 2 aliphatic rings. The summed E-state index contributed by atoms with van der Waals surface area (Å²) in [5.41, 5.74) is 0.339. The second-order valence-corrected chi connectivity index (χ2v) is 5.01. The Balaban J connectivity index is 2.00. The van der Waals surface area contributed by atoms with E-state index in [1.165, 1.54) is 19.3 Å². The highest BCUT2D eigenvalue weighted by atomic mass is 16.5. The summed E-state index contributed by atoms with van der Waals surface area (Å²) in [6.45, 7) is 2.86. The molecular weight excluding hydrogens is 190 g/mol. The van der Waals surface area contributed by atoms with Gasteiger partial charge < -0.3 is 14.8 Å². The second-order valence-electron chi connectivity index (χ2n) is 5.01. The Morgan fingerprint density at radius 1 is 1.47 bits per heavy atom. The van der Waals surface area contributed by atoms with E-state index in [0.717, 1.165) is 32.1 Å². The van der Waals surface area contributed by atoms with Gasteiger partial charge in [0.1, 0.15) is 0 Å². The molecule has 3 heteroatoms. The summed E-state index contributed by atoms with van der Waals surface area (Å²) in [5.74, 6) is 0.831. The van der Waals surface area contributed by atoms with Gasteiger partial charge in [-0.15, -0.1) is 0 Å². The Bertz CT molecular complexity index is 206. The van der Waals surface area contributed by atoms with Gasteiger partial charge in [-0.1, -0.05) is 0 Å². The van der Waals surface area contributed by atoms with Crippen LogP contribution in [0.25, 0.3) is 0 Å². The lowest BCUT2D eigenvalue weighted by Gasteiger charge is -2.34. The van der Waals surface area contributed by atoms with Crippen molar-refractivity contribution in [2.75, 3.05) is 33.9 Å². The fraction of sp³-hybridized carbons (Fsp3) is 1.00. The van der Waals surface area contributed by atoms with Gasteiger partial charge in [-0.2, -0.15) is 0 Å². The van der Waals surface area contributed by atoms with Crippen LogP contribution in [0.2, 0.25) is 0 Å². The van der Waals surface area contributed by atoms with Crippen molar-refractivity contribution < 1.29 is 9.47 Å². The fourth-order valence-corrected chi connectivity index (χ4v) is 2.95. The van der Waals surface area contributed by atoms with Crippen molar-refractivity contribution >= 4 is 0 Å². The van der Waals surface area contributed by atoms with Gasteiger partial charge in [0.2, 0.25) is 0 Å². The van der Waals surface area contributed by atoms with E-state index >= 15 is 0 Å². The van der Waals surface area contributed by atoms with Crippen LogP contribution >= 0.6 is 0 Å². The molecule has 1 aliphatic heterocycles. The van der Waals surface area contributed by atoms with Crippen LogP contribution in [0.15, 0.2) is 0 Å². The fourth-order valence-electron chi connectivity index (χ4n) is 2.95. The predicted molar refractivity (Wildman–Crippen MR) is 59.9 cm³/mol. The van der Waals surface area contributed by atoms with Crippen molar-refractivity contribution in [3.8, 4) is 0 Å². The van der Waals surface area contributed by atoms with Gasteiger partial charge in [-0.05, 0) is 38.6 Å². The van der Waals surface area contributed by atoms with Gasteiger partial charge in [-0.3, -0.25) is 0 Å². The van der Waals surface area contributed by atoms with E-state index in [-0.39, 0.29) is 0 Å². The molecule has 1 aliphatic carbocycles. The zero-order valence-electron chi connectivity index (χ0n) is 9.92. The molecule has 0 aromatic heterocycles. The molecule has 0 aromatic rings. The third kappa shape index (κ3) is 2.35. The van der Waals surface area contributed by atoms with Crippen molar-refractivity contribution in [2.45, 2.75) is 31.8 Å². The van der Waals surface area contributed by atoms with Gasteiger partial charge in [0.25, 0.3) is 0 Å². The molecule has 1 heterocycles. The van der Waals surface area contributed by atoms with Crippen molar-refractivity contribution in [1.29, 1.82) is 0 Å². The highest BCUT2D eigenvalue weighted by molar-refractivity contribution is 5.00. The standard InChI is InChI=1S/C12H23NO2/c1-13-9-12(5-7-14-2)6-8-15-11(12)10-3-4-10/h10-11,13H,3-9H2,1-2H3. The van der Waals surface area contributed by atoms with Crippen LogP contribution in [-0.2, 0) is 9.47 Å². The Morgan fingerprint density at radius 2 is 2.27 bits per heavy atom. The van der Waals surface area contributed by atoms with Crippen LogP contribution in [0, 0.1) is 11.3 Å². The maximum atomic E-state index is 5.95. The Labute approximate surface area is 92.5 Å². The molecular formula is C12H23NO2. The monoisotopic (exact) mass is 213 g/mol. The average molecular weight is 213 g/mol. The molecule has 0 aromatic carbocycles. The van der Waals surface area contributed by atoms with Gasteiger partial charge in [0.05, 0.1) is 6.10 Å². The van der Waals surface area contributed by atoms with Crippen LogP contribution < -0.4 is 5.32 Å². The average Bonchev–Trinajstić information content (AvgIpc) is 2.99. The zero-order chi connectivity index (χ0) is 10.7. The van der Waals surface area contributed by atoms with Crippen LogP contribution in [0.1, 0.15) is 25.7 Å². The smallest absolute Gasteiger partial charge is 0.0673 e. The molecule has 1 saturated carbocycles. The summed E-state index contributed by atoms with van der Waals surface area (Å²) in [6.07, 6.45) is 5.54. The Kier molecular flexibility index (Phi) is 3.65. The number of ether oxygens (including phenoxy) is 2. The predicted octanol–water partition coefficient (Wildman–Crippen LogP) is 1.43. The Hall–Kier alpha value is -0.120. The molecule has 3 nitrogen and oxygen atoms in total. The summed E-state index contributed by atoms with van der Waals surface area (Å²) >= 11 is 0. The van der Waals surface area contributed by atoms with E-state index in [4.69, 9.17) is 9.47 Å². The van der Waals surface area contributed by atoms with Crippen LogP contribution in [0.4, 0.5) is 0 Å². The van der Waals surface area contributed by atoms with E-state index in [2.05, 4.69) is 5.32 Å². The minimum Gasteiger partial charge on any atom is -0.385 e. The number of methoxy groups -OCH3 is 1. The first-order valence-electron chi connectivity index (χ1n) is 6.07. The quantitative estimate of drug-likeness (QED) is 0.724. The van der Waals surface area contributed by atoms with E-state index in [0.29, 0.717) is 11.5 Å². The summed E-state index contributed by atoms with van der Waals surface area (Å²) in [4.78, 5) is 0. The summed E-state index contributed by atoms with van der Waals surface area (Å²) in [5, 5.41) is 3.34. The largest absolute Gasteiger partial charge is 0.385 e. The normalized spacial score (nSPS) is 36.0. The summed E-state index contributed by atoms with van der Waals surface area (Å²) < 4.78 is 11.2. The number of hydrogen-bond donors (Lipinski definition) is 1. The summed E-state index contributed by atoms with van der Waals surface area (Å²) in [7, 11) is 3.83. The van der Waals surface area contributed by atoms with E-state index < -0.39 is 0 Å². The van der Waals surface area contributed by atoms with Gasteiger partial charge in [-0.25, -0.2) is 0 Å². The van der Waals surface area contributed by atoms with Gasteiger partial charge in [0.15, 0.2) is 0 Å². The van der Waals surface area contributed by atoms with Crippen molar-refractivity contribution in [2.24, 2.45) is 11.3 Å². The van der Waals surface area contributed by atoms with Crippen molar-refractivity contribution in [1.82, 2.24) is 5.32 Å². The second kappa shape index (κ2) is 4.81. The van der Waals surface area contributed by atoms with E-state index in [1.807, 2.05) is 7.05 Å². The molecule has 15 heavy (non-hydrogen) atoms. The van der Waals surface area contributed by atoms with Crippen LogP contribution in [0.5, 0.6) is 0 Å². The molecule has 0 radical (unpaired) electrons. The topological polar surface area (TPSA) is 30.5 Å². The molecule has 2 fully saturated rings. The van der Waals surface area contributed by atoms with Crippen molar-refractivity contribution in [3.05, 3.63) is 0 Å². The molecule has 2 atom stereocenters. The van der Waals surface area contributed by atoms with Gasteiger partial charge >= 0.3 is 0 Å². The minimum absolute atomic E-state index is 0.339. The highest BCUT2D eigenvalue weighted by Crippen LogP contribution is 2.49. The third-order valence-electron chi connectivity index (χ3n) is 3.88. The molecule has 1 N–H and O–H groups in total. The minimum atomic E-state index is 0.339. The lowest BCUT2D eigenvalue weighted by molar-refractivity contribution is 0.0151. The molecule has 1 saturated heterocycles. The van der Waals surface area contributed by atoms with Crippen LogP contribution in [0.3, 0.4) is 0 Å². The number of rotatable bonds is 6. The number of nitrogens with one attached hydrogen (secondary N) is 1. The van der Waals surface area contributed by atoms with E-state index in [1.54, 1.807) is 7.11 Å². The SMILES string of the molecule is CNCC1(CCOC)CCOC1C1CC1. The zero-order valence-corrected chi connectivity index (χ0v) is 9.92. The maximum Gasteiger partial charge on any atom is 0.0673 e. The molecule has 0 amide bonds. The number of hydrogen-bond acceptors (Lipinski definition) is 3.